The molecular weight excluding hydrogens is 217 g/mol. The Hall–Kier alpha value is -1.22. The molecule has 1 aromatic rings. The topological polar surface area (TPSA) is 20.3 Å². The molecule has 0 N–H and O–H groups in total. The van der Waals surface area contributed by atoms with Gasteiger partial charge in [-0.2, -0.15) is 0 Å². The lowest BCUT2D eigenvalue weighted by atomic mass is 9.88. The Kier molecular flexibility index (Phi) is 3.57. The molecule has 1 aromatic carbocycles. The molecule has 0 spiro atoms. The molecular formula is C14H18FNO. The minimum absolute atomic E-state index is 0.441. The number of carbonyl (C=O) groups is 1. The fraction of sp³-hybridized carbons (Fsp3) is 0.500. The van der Waals surface area contributed by atoms with Crippen molar-refractivity contribution in [3.8, 4) is 0 Å². The summed E-state index contributed by atoms with van der Waals surface area (Å²) in [6.45, 7) is 1.48. The maximum Gasteiger partial charge on any atom is 0.150 e. The number of hydrogen-bond acceptors (Lipinski definition) is 2. The van der Waals surface area contributed by atoms with E-state index >= 15 is 0 Å². The molecule has 0 aromatic heterocycles. The zero-order valence-corrected chi connectivity index (χ0v) is 10.2. The van der Waals surface area contributed by atoms with Crippen molar-refractivity contribution in [2.75, 3.05) is 20.1 Å². The largest absolute Gasteiger partial charge is 0.303 e. The quantitative estimate of drug-likeness (QED) is 0.750. The predicted octanol–water partition coefficient (Wildman–Crippen LogP) is 2.48. The van der Waals surface area contributed by atoms with Gasteiger partial charge in [0.15, 0.2) is 0 Å². The first-order valence-electron chi connectivity index (χ1n) is 6.03. The molecule has 0 radical (unpaired) electrons. The fourth-order valence-corrected chi connectivity index (χ4v) is 2.53. The Labute approximate surface area is 101 Å². The molecule has 2 nitrogen and oxygen atoms in total. The van der Waals surface area contributed by atoms with Gasteiger partial charge in [0.2, 0.25) is 0 Å². The van der Waals surface area contributed by atoms with E-state index in [9.17, 15) is 9.18 Å². The van der Waals surface area contributed by atoms with Gasteiger partial charge in [-0.1, -0.05) is 24.3 Å². The number of hydrogen-bond donors (Lipinski definition) is 0. The highest BCUT2D eigenvalue weighted by atomic mass is 19.1. The van der Waals surface area contributed by atoms with E-state index in [2.05, 4.69) is 0 Å². The maximum absolute atomic E-state index is 14.6. The van der Waals surface area contributed by atoms with Gasteiger partial charge in [-0.15, -0.1) is 0 Å². The summed E-state index contributed by atoms with van der Waals surface area (Å²) in [5.74, 6) is 0. The number of halogens is 1. The fourth-order valence-electron chi connectivity index (χ4n) is 2.53. The molecule has 92 valence electrons. The molecule has 1 aliphatic heterocycles. The first kappa shape index (κ1) is 12.2. The summed E-state index contributed by atoms with van der Waals surface area (Å²) in [6, 6.07) is 7.19. The highest BCUT2D eigenvalue weighted by molar-refractivity contribution is 5.74. The molecule has 17 heavy (non-hydrogen) atoms. The number of rotatable bonds is 3. The van der Waals surface area contributed by atoms with Crippen molar-refractivity contribution >= 4 is 6.29 Å². The highest BCUT2D eigenvalue weighted by Gasteiger charge is 2.34. The number of aldehydes is 1. The van der Waals surface area contributed by atoms with Crippen molar-refractivity contribution in [1.82, 2.24) is 4.90 Å². The summed E-state index contributed by atoms with van der Waals surface area (Å²) in [7, 11) is 1.96. The Morgan fingerprint density at radius 1 is 1.41 bits per heavy atom. The number of benzene rings is 1. The van der Waals surface area contributed by atoms with Crippen LogP contribution in [0.1, 0.15) is 28.8 Å². The zero-order chi connectivity index (χ0) is 12.3. The van der Waals surface area contributed by atoms with Gasteiger partial charge >= 0.3 is 0 Å². The molecule has 0 saturated carbocycles. The van der Waals surface area contributed by atoms with Crippen molar-refractivity contribution in [2.24, 2.45) is 0 Å². The van der Waals surface area contributed by atoms with Crippen molar-refractivity contribution < 1.29 is 9.18 Å². The summed E-state index contributed by atoms with van der Waals surface area (Å²) in [5, 5.41) is 0. The van der Waals surface area contributed by atoms with Crippen LogP contribution in [0.25, 0.3) is 0 Å². The Morgan fingerprint density at radius 2 is 2.12 bits per heavy atom. The Balaban J connectivity index is 2.05. The number of alkyl halides is 1. The third kappa shape index (κ3) is 3.13. The summed E-state index contributed by atoms with van der Waals surface area (Å²) in [5.41, 5.74) is 0.492. The van der Waals surface area contributed by atoms with E-state index in [0.717, 1.165) is 24.8 Å². The molecule has 1 heterocycles. The third-order valence-corrected chi connectivity index (χ3v) is 3.35. The first-order valence-corrected chi connectivity index (χ1v) is 6.03. The van der Waals surface area contributed by atoms with Crippen LogP contribution in [0.5, 0.6) is 0 Å². The van der Waals surface area contributed by atoms with Gasteiger partial charge in [-0.25, -0.2) is 4.39 Å². The van der Waals surface area contributed by atoms with Crippen LogP contribution in [0.15, 0.2) is 24.3 Å². The molecule has 0 bridgehead atoms. The summed E-state index contributed by atoms with van der Waals surface area (Å²) in [4.78, 5) is 12.6. The van der Waals surface area contributed by atoms with Crippen LogP contribution in [0.4, 0.5) is 4.39 Å². The smallest absolute Gasteiger partial charge is 0.150 e. The molecule has 1 atom stereocenters. The minimum Gasteiger partial charge on any atom is -0.303 e. The minimum atomic E-state index is -1.12. The molecule has 1 aliphatic rings. The SMILES string of the molecule is CN1CCCC(F)(Cc2ccc(C=O)cc2)C1. The van der Waals surface area contributed by atoms with Crippen molar-refractivity contribution in [2.45, 2.75) is 24.9 Å². The van der Waals surface area contributed by atoms with Crippen LogP contribution in [-0.2, 0) is 6.42 Å². The Bertz CT molecular complexity index is 390. The zero-order valence-electron chi connectivity index (χ0n) is 10.2. The molecule has 1 unspecified atom stereocenters. The molecule has 0 amide bonds. The average Bonchev–Trinajstić information content (AvgIpc) is 2.29. The second-order valence-corrected chi connectivity index (χ2v) is 5.03. The van der Waals surface area contributed by atoms with Gasteiger partial charge in [0.25, 0.3) is 0 Å². The van der Waals surface area contributed by atoms with Crippen LogP contribution in [0, 0.1) is 0 Å². The lowest BCUT2D eigenvalue weighted by Crippen LogP contribution is -2.44. The van der Waals surface area contributed by atoms with Gasteiger partial charge in [0.05, 0.1) is 0 Å². The van der Waals surface area contributed by atoms with Crippen LogP contribution in [0.3, 0.4) is 0 Å². The van der Waals surface area contributed by atoms with E-state index in [-0.39, 0.29) is 0 Å². The van der Waals surface area contributed by atoms with E-state index in [1.54, 1.807) is 12.1 Å². The van der Waals surface area contributed by atoms with Crippen molar-refractivity contribution in [3.05, 3.63) is 35.4 Å². The van der Waals surface area contributed by atoms with Gasteiger partial charge in [-0.05, 0) is 32.0 Å². The van der Waals surface area contributed by atoms with E-state index in [1.807, 2.05) is 24.1 Å². The number of carbonyl (C=O) groups excluding carboxylic acids is 1. The molecule has 1 fully saturated rings. The summed E-state index contributed by atoms with van der Waals surface area (Å²) < 4.78 is 14.6. The number of piperidine rings is 1. The highest BCUT2D eigenvalue weighted by Crippen LogP contribution is 2.28. The van der Waals surface area contributed by atoms with E-state index in [4.69, 9.17) is 0 Å². The Morgan fingerprint density at radius 3 is 2.71 bits per heavy atom. The van der Waals surface area contributed by atoms with Crippen molar-refractivity contribution in [3.63, 3.8) is 0 Å². The van der Waals surface area contributed by atoms with E-state index < -0.39 is 5.67 Å². The normalized spacial score (nSPS) is 25.8. The second-order valence-electron chi connectivity index (χ2n) is 5.03. The first-order chi connectivity index (χ1) is 8.11. The second kappa shape index (κ2) is 4.96. The summed E-state index contributed by atoms with van der Waals surface area (Å²) >= 11 is 0. The van der Waals surface area contributed by atoms with Crippen LogP contribution in [-0.4, -0.2) is 37.0 Å². The summed E-state index contributed by atoms with van der Waals surface area (Å²) in [6.07, 6.45) is 2.80. The number of nitrogens with zero attached hydrogens (tertiary/aromatic N) is 1. The van der Waals surface area contributed by atoms with E-state index in [0.29, 0.717) is 24.9 Å². The molecule has 1 saturated heterocycles. The van der Waals surface area contributed by atoms with Crippen LogP contribution < -0.4 is 0 Å². The molecule has 2 rings (SSSR count). The third-order valence-electron chi connectivity index (χ3n) is 3.35. The van der Waals surface area contributed by atoms with Gasteiger partial charge in [0.1, 0.15) is 12.0 Å². The molecule has 0 aliphatic carbocycles. The van der Waals surface area contributed by atoms with Crippen molar-refractivity contribution in [1.29, 1.82) is 0 Å². The number of likely N-dealkylation sites (tertiary alicyclic amines) is 1. The lowest BCUT2D eigenvalue weighted by molar-refractivity contribution is 0.0591. The van der Waals surface area contributed by atoms with Gasteiger partial charge < -0.3 is 4.90 Å². The van der Waals surface area contributed by atoms with E-state index in [1.165, 1.54) is 0 Å². The monoisotopic (exact) mass is 235 g/mol. The molecule has 3 heteroatoms. The van der Waals surface area contributed by atoms with Crippen LogP contribution >= 0.6 is 0 Å². The average molecular weight is 235 g/mol. The maximum atomic E-state index is 14.6. The standard InChI is InChI=1S/C14H18FNO/c1-16-8-2-7-14(15,11-16)9-12-3-5-13(10-17)6-4-12/h3-6,10H,2,7-9,11H2,1H3. The van der Waals surface area contributed by atoms with Crippen LogP contribution in [0.2, 0.25) is 0 Å². The van der Waals surface area contributed by atoms with Gasteiger partial charge in [0, 0.05) is 18.5 Å². The predicted molar refractivity (Wildman–Crippen MR) is 66.1 cm³/mol. The lowest BCUT2D eigenvalue weighted by Gasteiger charge is -2.35. The van der Waals surface area contributed by atoms with Gasteiger partial charge in [-0.3, -0.25) is 4.79 Å².